The third kappa shape index (κ3) is 1.35. The van der Waals surface area contributed by atoms with Crippen LogP contribution in [-0.2, 0) is 6.18 Å². The molecule has 0 atom stereocenters. The van der Waals surface area contributed by atoms with E-state index in [1.165, 1.54) is 9.92 Å². The molecule has 0 aliphatic heterocycles. The van der Waals surface area contributed by atoms with Crippen molar-refractivity contribution in [3.05, 3.63) is 18.3 Å². The monoisotopic (exact) mass is 266 g/mol. The Bertz CT molecular complexity index is 477. The molecule has 0 fully saturated rings. The fourth-order valence-corrected chi connectivity index (χ4v) is 1.37. The summed E-state index contributed by atoms with van der Waals surface area (Å²) >= 11 is 2.96. The minimum absolute atomic E-state index is 0.0901. The lowest BCUT2D eigenvalue weighted by Gasteiger charge is -2.04. The van der Waals surface area contributed by atoms with Crippen LogP contribution in [0.1, 0.15) is 5.69 Å². The van der Waals surface area contributed by atoms with Gasteiger partial charge in [0.1, 0.15) is 18.2 Å². The number of halogens is 4. The molecule has 4 nitrogen and oxygen atoms in total. The molecule has 0 aliphatic rings. The zero-order chi connectivity index (χ0) is 10.3. The molecule has 0 aliphatic carbocycles. The van der Waals surface area contributed by atoms with Gasteiger partial charge >= 0.3 is 6.18 Å². The molecule has 14 heavy (non-hydrogen) atoms. The summed E-state index contributed by atoms with van der Waals surface area (Å²) in [4.78, 5) is 10.4. The Balaban J connectivity index is 2.79. The topological polar surface area (TPSA) is 43.6 Å². The first-order valence-electron chi connectivity index (χ1n) is 3.41. The van der Waals surface area contributed by atoms with Crippen molar-refractivity contribution in [1.82, 2.24) is 18.5 Å². The number of fused-ring (bicyclic) bond motifs is 1. The number of imidazole rings is 1. The molecule has 0 aromatic carbocycles. The van der Waals surface area contributed by atoms with Crippen LogP contribution in [0, 0.1) is 0 Å². The van der Waals surface area contributed by atoms with Crippen LogP contribution in [0.4, 0.5) is 13.2 Å². The largest absolute Gasteiger partial charge is 0.435 e. The average Bonchev–Trinajstić information content (AvgIpc) is 2.46. The SMILES string of the molecule is FC(F)(F)c1ncnc2c1ncn2Br. The fraction of sp³-hybridized carbons (Fsp3) is 0.167. The van der Waals surface area contributed by atoms with Crippen molar-refractivity contribution in [2.24, 2.45) is 0 Å². The molecule has 0 bridgehead atoms. The van der Waals surface area contributed by atoms with Crippen LogP contribution < -0.4 is 0 Å². The number of aromatic nitrogens is 4. The number of nitrogens with zero attached hydrogens (tertiary/aromatic N) is 4. The van der Waals surface area contributed by atoms with E-state index in [0.717, 1.165) is 6.33 Å². The molecule has 0 saturated heterocycles. The highest BCUT2D eigenvalue weighted by molar-refractivity contribution is 9.08. The van der Waals surface area contributed by atoms with Gasteiger partial charge < -0.3 is 0 Å². The van der Waals surface area contributed by atoms with Crippen molar-refractivity contribution in [2.75, 3.05) is 0 Å². The molecule has 8 heteroatoms. The molecule has 2 heterocycles. The van der Waals surface area contributed by atoms with Crippen molar-refractivity contribution in [3.8, 4) is 0 Å². The Morgan fingerprint density at radius 2 is 1.93 bits per heavy atom. The van der Waals surface area contributed by atoms with E-state index in [0.29, 0.717) is 0 Å². The van der Waals surface area contributed by atoms with Gasteiger partial charge in [0.2, 0.25) is 0 Å². The van der Waals surface area contributed by atoms with Crippen LogP contribution in [0.2, 0.25) is 0 Å². The molecule has 0 N–H and O–H groups in total. The maximum absolute atomic E-state index is 12.4. The Labute approximate surface area is 84.1 Å². The highest BCUT2D eigenvalue weighted by Gasteiger charge is 2.36. The molecule has 0 amide bonds. The van der Waals surface area contributed by atoms with Gasteiger partial charge in [-0.15, -0.1) is 0 Å². The molecular weight excluding hydrogens is 265 g/mol. The summed E-state index contributed by atoms with van der Waals surface area (Å²) in [7, 11) is 0. The van der Waals surface area contributed by atoms with Gasteiger partial charge in [-0.3, -0.25) is 0 Å². The van der Waals surface area contributed by atoms with Crippen LogP contribution in [0.15, 0.2) is 12.7 Å². The van der Waals surface area contributed by atoms with Gasteiger partial charge in [-0.1, -0.05) is 0 Å². The molecular formula is C6H2BrF3N4. The summed E-state index contributed by atoms with van der Waals surface area (Å²) < 4.78 is 38.3. The van der Waals surface area contributed by atoms with Gasteiger partial charge in [-0.05, 0) is 0 Å². The Kier molecular flexibility index (Phi) is 1.95. The number of alkyl halides is 3. The highest BCUT2D eigenvalue weighted by Crippen LogP contribution is 2.31. The van der Waals surface area contributed by atoms with E-state index in [2.05, 4.69) is 31.1 Å². The van der Waals surface area contributed by atoms with Gasteiger partial charge in [-0.2, -0.15) is 13.2 Å². The van der Waals surface area contributed by atoms with Crippen molar-refractivity contribution >= 4 is 27.3 Å². The minimum Gasteiger partial charge on any atom is -0.248 e. The van der Waals surface area contributed by atoms with Crippen molar-refractivity contribution in [3.63, 3.8) is 0 Å². The second kappa shape index (κ2) is 2.91. The third-order valence-corrected chi connectivity index (χ3v) is 2.08. The van der Waals surface area contributed by atoms with Crippen LogP contribution in [0.5, 0.6) is 0 Å². The quantitative estimate of drug-likeness (QED) is 0.733. The van der Waals surface area contributed by atoms with Crippen molar-refractivity contribution in [2.45, 2.75) is 6.18 Å². The average molecular weight is 267 g/mol. The first kappa shape index (κ1) is 9.38. The fourth-order valence-electron chi connectivity index (χ4n) is 1.02. The van der Waals surface area contributed by atoms with Crippen LogP contribution in [-0.4, -0.2) is 18.5 Å². The van der Waals surface area contributed by atoms with Crippen LogP contribution in [0.25, 0.3) is 11.2 Å². The summed E-state index contributed by atoms with van der Waals surface area (Å²) in [5.41, 5.74) is -1.20. The molecule has 74 valence electrons. The number of hydrogen-bond donors (Lipinski definition) is 0. The molecule has 0 unspecified atom stereocenters. The predicted octanol–water partition coefficient (Wildman–Crippen LogP) is 2.00. The van der Waals surface area contributed by atoms with Crippen molar-refractivity contribution in [1.29, 1.82) is 0 Å². The van der Waals surface area contributed by atoms with Gasteiger partial charge in [-0.25, -0.2) is 18.5 Å². The van der Waals surface area contributed by atoms with Crippen LogP contribution >= 0.6 is 16.1 Å². The second-order valence-corrected chi connectivity index (χ2v) is 3.21. The van der Waals surface area contributed by atoms with E-state index < -0.39 is 11.9 Å². The minimum atomic E-state index is -4.51. The van der Waals surface area contributed by atoms with Gasteiger partial charge in [0.05, 0.1) is 16.1 Å². The van der Waals surface area contributed by atoms with Gasteiger partial charge in [0.25, 0.3) is 0 Å². The van der Waals surface area contributed by atoms with E-state index in [9.17, 15) is 13.2 Å². The van der Waals surface area contributed by atoms with Crippen LogP contribution in [0.3, 0.4) is 0 Å². The van der Waals surface area contributed by atoms with E-state index >= 15 is 0 Å². The molecule has 0 radical (unpaired) electrons. The maximum atomic E-state index is 12.4. The lowest BCUT2D eigenvalue weighted by atomic mass is 10.3. The smallest absolute Gasteiger partial charge is 0.248 e. The Hall–Kier alpha value is -1.18. The lowest BCUT2D eigenvalue weighted by molar-refractivity contribution is -0.140. The lowest BCUT2D eigenvalue weighted by Crippen LogP contribution is -2.09. The second-order valence-electron chi connectivity index (χ2n) is 2.45. The number of rotatable bonds is 0. The summed E-state index contributed by atoms with van der Waals surface area (Å²) in [6.45, 7) is 0. The number of hydrogen-bond acceptors (Lipinski definition) is 3. The highest BCUT2D eigenvalue weighted by atomic mass is 79.9. The Morgan fingerprint density at radius 1 is 1.21 bits per heavy atom. The summed E-state index contributed by atoms with van der Waals surface area (Å²) in [6, 6.07) is 0. The summed E-state index contributed by atoms with van der Waals surface area (Å²) in [5.74, 6) is 0. The third-order valence-electron chi connectivity index (χ3n) is 1.56. The molecule has 2 rings (SSSR count). The standard InChI is InChI=1S/C6H2BrF3N4/c7-14-2-13-3-4(6(8,9)10)11-1-12-5(3)14/h1-2H. The zero-order valence-electron chi connectivity index (χ0n) is 6.46. The molecule has 2 aromatic heterocycles. The zero-order valence-corrected chi connectivity index (χ0v) is 8.04. The van der Waals surface area contributed by atoms with E-state index in [-0.39, 0.29) is 11.2 Å². The summed E-state index contributed by atoms with van der Waals surface area (Å²) in [5, 5.41) is 0. The van der Waals surface area contributed by atoms with E-state index in [4.69, 9.17) is 0 Å². The van der Waals surface area contributed by atoms with Gasteiger partial charge in [0.15, 0.2) is 11.3 Å². The first-order chi connectivity index (χ1) is 6.50. The van der Waals surface area contributed by atoms with Gasteiger partial charge in [0, 0.05) is 0 Å². The molecule has 2 aromatic rings. The van der Waals surface area contributed by atoms with E-state index in [1.807, 2.05) is 0 Å². The first-order valence-corrected chi connectivity index (χ1v) is 4.12. The Morgan fingerprint density at radius 3 is 2.57 bits per heavy atom. The maximum Gasteiger partial charge on any atom is 0.435 e. The summed E-state index contributed by atoms with van der Waals surface area (Å²) in [6.07, 6.45) is -2.47. The normalized spacial score (nSPS) is 12.3. The van der Waals surface area contributed by atoms with E-state index in [1.54, 1.807) is 0 Å². The van der Waals surface area contributed by atoms with Crippen molar-refractivity contribution < 1.29 is 13.2 Å². The molecule has 0 spiro atoms. The predicted molar refractivity (Wildman–Crippen MR) is 44.7 cm³/mol. The molecule has 0 saturated carbocycles.